The summed E-state index contributed by atoms with van der Waals surface area (Å²) in [6.07, 6.45) is 9.95. The third-order valence-electron chi connectivity index (χ3n) is 16.8. The molecule has 1 N–H and O–H groups in total. The molecule has 3 saturated carbocycles. The van der Waals surface area contributed by atoms with Crippen molar-refractivity contribution in [3.8, 4) is 0 Å². The summed E-state index contributed by atoms with van der Waals surface area (Å²) in [7, 11) is 4.29. The summed E-state index contributed by atoms with van der Waals surface area (Å²) in [5.41, 5.74) is 0.187. The van der Waals surface area contributed by atoms with Crippen LogP contribution in [0.2, 0.25) is 5.28 Å². The second-order valence-corrected chi connectivity index (χ2v) is 19.6. The number of halogens is 1. The number of ether oxygens (including phenoxy) is 2. The van der Waals surface area contributed by atoms with E-state index in [1.165, 1.54) is 5.57 Å². The molecule has 1 saturated heterocycles. The van der Waals surface area contributed by atoms with Gasteiger partial charge in [0.25, 0.3) is 0 Å². The Hall–Kier alpha value is -1.48. The molecular formula is C40H65ClN4O4. The first kappa shape index (κ1) is 37.3. The van der Waals surface area contributed by atoms with E-state index in [-0.39, 0.29) is 44.8 Å². The lowest BCUT2D eigenvalue weighted by Crippen LogP contribution is -2.69. The fraction of sp³-hybridized carbons (Fsp3) is 0.875. The molecule has 12 atom stereocenters. The largest absolute Gasteiger partial charge is 0.481 e. The van der Waals surface area contributed by atoms with E-state index in [1.54, 1.807) is 6.33 Å². The summed E-state index contributed by atoms with van der Waals surface area (Å²) < 4.78 is 16.0. The first-order valence-corrected chi connectivity index (χ1v) is 19.5. The normalized spacial score (nSPS) is 43.8. The number of carboxylic acids is 1. The van der Waals surface area contributed by atoms with E-state index in [0.717, 1.165) is 38.5 Å². The quantitative estimate of drug-likeness (QED) is 0.259. The average Bonchev–Trinajstić information content (AvgIpc) is 3.45. The zero-order valence-electron chi connectivity index (χ0n) is 32.5. The van der Waals surface area contributed by atoms with Gasteiger partial charge in [0.15, 0.2) is 0 Å². The van der Waals surface area contributed by atoms with Gasteiger partial charge in [-0.05, 0) is 117 Å². The Morgan fingerprint density at radius 1 is 1.12 bits per heavy atom. The molecular weight excluding hydrogens is 636 g/mol. The Labute approximate surface area is 301 Å². The van der Waals surface area contributed by atoms with Crippen LogP contribution in [-0.2, 0) is 14.3 Å². The number of fused-ring (bicyclic) bond motifs is 3. The summed E-state index contributed by atoms with van der Waals surface area (Å²) in [4.78, 5) is 15.8. The monoisotopic (exact) mass is 700 g/mol. The summed E-state index contributed by atoms with van der Waals surface area (Å²) in [5.74, 6) is 0.805. The number of aliphatic carboxylic acids is 1. The molecule has 1 aromatic heterocycles. The average molecular weight is 701 g/mol. The van der Waals surface area contributed by atoms with Crippen molar-refractivity contribution in [1.29, 1.82) is 0 Å². The number of carbonyl (C=O) groups is 1. The fourth-order valence-electron chi connectivity index (χ4n) is 12.7. The number of hydrogen-bond donors (Lipinski definition) is 1. The van der Waals surface area contributed by atoms with Crippen molar-refractivity contribution in [3.63, 3.8) is 0 Å². The van der Waals surface area contributed by atoms with E-state index in [2.05, 4.69) is 109 Å². The molecule has 0 amide bonds. The van der Waals surface area contributed by atoms with Crippen molar-refractivity contribution in [3.05, 3.63) is 23.3 Å². The second-order valence-electron chi connectivity index (χ2n) is 19.3. The Kier molecular flexibility index (Phi) is 9.36. The van der Waals surface area contributed by atoms with Crippen LogP contribution < -0.4 is 0 Å². The standard InChI is InChI=1S/C40H65ClN4O4/c1-24(2)26(5)35(6)17-18-37(8)27-13-14-30-36(7)20-48-22-40(30,28(27)15-16-38(37,9)31(35)33(46)47)19-29(45-23-42-43-34(45)41)32(36)49-21-39(10,25(3)4)44(11)12/h15,23-27,29-32H,13-14,16-22H2,1-12H3,(H,46,47)/t26-,27+,29-,30+,31-,32+,35-,36+,37-,38+,39?,40+/m1/s1. The van der Waals surface area contributed by atoms with Gasteiger partial charge in [-0.3, -0.25) is 9.36 Å². The van der Waals surface area contributed by atoms with Crippen LogP contribution in [0, 0.1) is 62.6 Å². The first-order chi connectivity index (χ1) is 22.7. The van der Waals surface area contributed by atoms with Crippen LogP contribution in [0.3, 0.4) is 0 Å². The van der Waals surface area contributed by atoms with Gasteiger partial charge in [-0.15, -0.1) is 10.2 Å². The predicted molar refractivity (Wildman–Crippen MR) is 194 cm³/mol. The van der Waals surface area contributed by atoms with E-state index in [9.17, 15) is 9.90 Å². The molecule has 1 aromatic rings. The SMILES string of the molecule is CC(C)[C@@H](C)[C@@]1(C)CC[C@]2(C)[C@H]3CC[C@@H]4[C@@]5(COC[C@]4(C)[C@@H](OCC(C)(C(C)C)N(C)C)[C@H](n4cnnc4Cl)C5)C3=CC[C@@]2(C)[C@@H]1C(=O)O. The number of carboxylic acid groups (broad SMARTS) is 1. The van der Waals surface area contributed by atoms with E-state index >= 15 is 0 Å². The van der Waals surface area contributed by atoms with Crippen LogP contribution in [-0.4, -0.2) is 76.3 Å². The van der Waals surface area contributed by atoms with Crippen molar-refractivity contribution in [2.24, 2.45) is 62.6 Å². The van der Waals surface area contributed by atoms with Crippen LogP contribution >= 0.6 is 11.6 Å². The van der Waals surface area contributed by atoms with Gasteiger partial charge in [-0.2, -0.15) is 0 Å². The second kappa shape index (κ2) is 12.3. The van der Waals surface area contributed by atoms with Crippen LogP contribution in [0.5, 0.6) is 0 Å². The molecule has 1 aliphatic heterocycles. The molecule has 9 heteroatoms. The van der Waals surface area contributed by atoms with Gasteiger partial charge >= 0.3 is 5.97 Å². The molecule has 6 rings (SSSR count). The number of allylic oxidation sites excluding steroid dienone is 1. The molecule has 8 nitrogen and oxygen atoms in total. The van der Waals surface area contributed by atoms with E-state index in [1.807, 2.05) is 0 Å². The Balaban J connectivity index is 1.45. The number of nitrogens with zero attached hydrogens (tertiary/aromatic N) is 4. The Bertz CT molecular complexity index is 1450. The maximum Gasteiger partial charge on any atom is 0.307 e. The minimum absolute atomic E-state index is 0.0553. The van der Waals surface area contributed by atoms with Gasteiger partial charge in [-0.1, -0.05) is 74.0 Å². The summed E-state index contributed by atoms with van der Waals surface area (Å²) in [6, 6.07) is -0.0553. The van der Waals surface area contributed by atoms with Crippen LogP contribution in [0.1, 0.15) is 114 Å². The van der Waals surface area contributed by atoms with Gasteiger partial charge in [0, 0.05) is 16.4 Å². The zero-order valence-corrected chi connectivity index (χ0v) is 33.2. The lowest BCUT2D eigenvalue weighted by atomic mass is 9.34. The van der Waals surface area contributed by atoms with E-state index < -0.39 is 11.9 Å². The minimum atomic E-state index is -0.619. The highest BCUT2D eigenvalue weighted by Crippen LogP contribution is 2.75. The highest BCUT2D eigenvalue weighted by molar-refractivity contribution is 6.28. The minimum Gasteiger partial charge on any atom is -0.481 e. The van der Waals surface area contributed by atoms with Gasteiger partial charge in [0.1, 0.15) is 6.33 Å². The third-order valence-corrected chi connectivity index (χ3v) is 17.1. The molecule has 49 heavy (non-hydrogen) atoms. The van der Waals surface area contributed by atoms with Gasteiger partial charge < -0.3 is 19.5 Å². The number of likely N-dealkylation sites (N-methyl/N-ethyl adjacent to an activating group) is 1. The number of hydrogen-bond acceptors (Lipinski definition) is 6. The van der Waals surface area contributed by atoms with Crippen molar-refractivity contribution in [2.75, 3.05) is 33.9 Å². The maximum absolute atomic E-state index is 13.5. The molecule has 4 fully saturated rings. The van der Waals surface area contributed by atoms with Gasteiger partial charge in [-0.25, -0.2) is 0 Å². The molecule has 5 aliphatic rings. The van der Waals surface area contributed by atoms with Gasteiger partial charge in [0.05, 0.1) is 37.9 Å². The van der Waals surface area contributed by atoms with Crippen molar-refractivity contribution >= 4 is 17.6 Å². The molecule has 1 unspecified atom stereocenters. The lowest BCUT2D eigenvalue weighted by molar-refractivity contribution is -0.254. The van der Waals surface area contributed by atoms with Crippen molar-refractivity contribution < 1.29 is 19.4 Å². The molecule has 0 radical (unpaired) electrons. The topological polar surface area (TPSA) is 89.7 Å². The lowest BCUT2D eigenvalue weighted by Gasteiger charge is -2.71. The first-order valence-electron chi connectivity index (χ1n) is 19.1. The fourth-order valence-corrected chi connectivity index (χ4v) is 12.9. The maximum atomic E-state index is 13.5. The molecule has 0 aromatic carbocycles. The highest BCUT2D eigenvalue weighted by atomic mass is 35.5. The van der Waals surface area contributed by atoms with E-state index in [0.29, 0.717) is 54.7 Å². The summed E-state index contributed by atoms with van der Waals surface area (Å²) >= 11 is 6.82. The van der Waals surface area contributed by atoms with Crippen molar-refractivity contribution in [2.45, 2.75) is 125 Å². The molecule has 0 spiro atoms. The summed E-state index contributed by atoms with van der Waals surface area (Å²) in [6.45, 7) is 25.0. The predicted octanol–water partition coefficient (Wildman–Crippen LogP) is 8.42. The number of rotatable bonds is 9. The highest BCUT2D eigenvalue weighted by Gasteiger charge is 2.72. The van der Waals surface area contributed by atoms with Crippen LogP contribution in [0.15, 0.2) is 18.0 Å². The molecule has 276 valence electrons. The molecule has 2 bridgehead atoms. The van der Waals surface area contributed by atoms with Crippen LogP contribution in [0.4, 0.5) is 0 Å². The van der Waals surface area contributed by atoms with Crippen LogP contribution in [0.25, 0.3) is 0 Å². The van der Waals surface area contributed by atoms with Gasteiger partial charge in [0.2, 0.25) is 5.28 Å². The summed E-state index contributed by atoms with van der Waals surface area (Å²) in [5, 5.41) is 20.0. The number of aromatic nitrogens is 3. The third kappa shape index (κ3) is 5.10. The smallest absolute Gasteiger partial charge is 0.307 e. The zero-order chi connectivity index (χ0) is 36.1. The molecule has 4 aliphatic carbocycles. The van der Waals surface area contributed by atoms with Crippen molar-refractivity contribution in [1.82, 2.24) is 19.7 Å². The molecule has 2 heterocycles. The Morgan fingerprint density at radius 3 is 2.39 bits per heavy atom. The Morgan fingerprint density at radius 2 is 1.82 bits per heavy atom. The van der Waals surface area contributed by atoms with E-state index in [4.69, 9.17) is 21.1 Å².